The maximum absolute atomic E-state index is 5.84. The SMILES string of the molecule is COc1cccc(CC2(C)C3=c4c(cccc4=CCC3)/C2=C\CCN)c1.Cl. The van der Waals surface area contributed by atoms with Crippen molar-refractivity contribution in [1.29, 1.82) is 0 Å². The van der Waals surface area contributed by atoms with Gasteiger partial charge in [0, 0.05) is 5.41 Å². The summed E-state index contributed by atoms with van der Waals surface area (Å²) in [7, 11) is 1.73. The first-order valence-corrected chi connectivity index (χ1v) is 9.54. The van der Waals surface area contributed by atoms with Gasteiger partial charge in [-0.25, -0.2) is 0 Å². The first-order chi connectivity index (χ1) is 12.7. The van der Waals surface area contributed by atoms with Gasteiger partial charge in [-0.05, 0) is 71.5 Å². The number of hydrogen-bond acceptors (Lipinski definition) is 2. The molecule has 0 aliphatic heterocycles. The van der Waals surface area contributed by atoms with Crippen LogP contribution >= 0.6 is 12.4 Å². The smallest absolute Gasteiger partial charge is 0.119 e. The van der Waals surface area contributed by atoms with E-state index in [0.717, 1.165) is 31.4 Å². The summed E-state index contributed by atoms with van der Waals surface area (Å²) in [5, 5.41) is 2.88. The second-order valence-corrected chi connectivity index (χ2v) is 7.55. The molecule has 2 aliphatic carbocycles. The number of ether oxygens (including phenoxy) is 1. The Morgan fingerprint density at radius 3 is 2.78 bits per heavy atom. The molecule has 0 bridgehead atoms. The molecule has 0 spiro atoms. The van der Waals surface area contributed by atoms with Crippen molar-refractivity contribution in [2.45, 2.75) is 32.6 Å². The summed E-state index contributed by atoms with van der Waals surface area (Å²) in [6.07, 6.45) is 8.95. The number of nitrogens with two attached hydrogens (primary N) is 1. The lowest BCUT2D eigenvalue weighted by molar-refractivity contribution is 0.413. The quantitative estimate of drug-likeness (QED) is 0.854. The van der Waals surface area contributed by atoms with Gasteiger partial charge in [0.1, 0.15) is 5.75 Å². The van der Waals surface area contributed by atoms with Crippen LogP contribution in [0.5, 0.6) is 5.75 Å². The van der Waals surface area contributed by atoms with Crippen molar-refractivity contribution in [2.75, 3.05) is 13.7 Å². The van der Waals surface area contributed by atoms with Crippen LogP contribution in [-0.4, -0.2) is 13.7 Å². The van der Waals surface area contributed by atoms with E-state index in [1.165, 1.54) is 27.1 Å². The van der Waals surface area contributed by atoms with Gasteiger partial charge in [0.05, 0.1) is 7.11 Å². The summed E-state index contributed by atoms with van der Waals surface area (Å²) in [6, 6.07) is 15.2. The molecular weight excluding hydrogens is 354 g/mol. The van der Waals surface area contributed by atoms with Crippen LogP contribution in [0.25, 0.3) is 17.2 Å². The highest BCUT2D eigenvalue weighted by atomic mass is 35.5. The molecule has 27 heavy (non-hydrogen) atoms. The normalized spacial score (nSPS) is 21.4. The van der Waals surface area contributed by atoms with Gasteiger partial charge in [0.2, 0.25) is 0 Å². The van der Waals surface area contributed by atoms with E-state index in [1.54, 1.807) is 12.7 Å². The van der Waals surface area contributed by atoms with Crippen molar-refractivity contribution < 1.29 is 4.74 Å². The first kappa shape index (κ1) is 19.7. The number of methoxy groups -OCH3 is 1. The molecule has 2 aromatic carbocycles. The summed E-state index contributed by atoms with van der Waals surface area (Å²) in [6.45, 7) is 3.11. The van der Waals surface area contributed by atoms with Gasteiger partial charge in [-0.3, -0.25) is 0 Å². The summed E-state index contributed by atoms with van der Waals surface area (Å²) in [4.78, 5) is 0. The van der Waals surface area contributed by atoms with Crippen molar-refractivity contribution in [3.05, 3.63) is 70.1 Å². The molecule has 2 N–H and O–H groups in total. The van der Waals surface area contributed by atoms with Gasteiger partial charge >= 0.3 is 0 Å². The Kier molecular flexibility index (Phi) is 5.78. The van der Waals surface area contributed by atoms with Gasteiger partial charge < -0.3 is 10.5 Å². The van der Waals surface area contributed by atoms with Crippen molar-refractivity contribution in [2.24, 2.45) is 11.1 Å². The van der Waals surface area contributed by atoms with Gasteiger partial charge in [-0.1, -0.05) is 55.0 Å². The Balaban J connectivity index is 0.00000210. The Hall–Kier alpha value is -2.03. The third-order valence-electron chi connectivity index (χ3n) is 5.91. The van der Waals surface area contributed by atoms with Gasteiger partial charge in [-0.15, -0.1) is 12.4 Å². The molecule has 1 unspecified atom stereocenters. The minimum Gasteiger partial charge on any atom is -0.497 e. The Bertz CT molecular complexity index is 992. The van der Waals surface area contributed by atoms with Crippen molar-refractivity contribution in [3.63, 3.8) is 0 Å². The number of benzene rings is 2. The molecule has 1 atom stereocenters. The van der Waals surface area contributed by atoms with Gasteiger partial charge in [0.25, 0.3) is 0 Å². The zero-order valence-electron chi connectivity index (χ0n) is 16.1. The van der Waals surface area contributed by atoms with Crippen LogP contribution in [0.3, 0.4) is 0 Å². The van der Waals surface area contributed by atoms with Crippen LogP contribution in [0.2, 0.25) is 0 Å². The molecule has 0 saturated carbocycles. The molecule has 2 aromatic rings. The average molecular weight is 382 g/mol. The number of halogens is 1. The second-order valence-electron chi connectivity index (χ2n) is 7.55. The molecule has 0 aromatic heterocycles. The molecule has 0 amide bonds. The zero-order valence-corrected chi connectivity index (χ0v) is 16.9. The second kappa shape index (κ2) is 7.92. The zero-order chi connectivity index (χ0) is 18.1. The number of rotatable bonds is 5. The molecule has 4 rings (SSSR count). The van der Waals surface area contributed by atoms with Gasteiger partial charge in [-0.2, -0.15) is 0 Å². The van der Waals surface area contributed by atoms with E-state index >= 15 is 0 Å². The summed E-state index contributed by atoms with van der Waals surface area (Å²) < 4.78 is 5.45. The lowest BCUT2D eigenvalue weighted by Crippen LogP contribution is -2.31. The first-order valence-electron chi connectivity index (χ1n) is 9.54. The third kappa shape index (κ3) is 3.33. The highest BCUT2D eigenvalue weighted by Gasteiger charge is 2.40. The molecule has 3 heteroatoms. The van der Waals surface area contributed by atoms with Crippen molar-refractivity contribution in [3.8, 4) is 5.75 Å². The van der Waals surface area contributed by atoms with E-state index in [4.69, 9.17) is 10.5 Å². The molecule has 0 heterocycles. The van der Waals surface area contributed by atoms with Crippen LogP contribution in [-0.2, 0) is 6.42 Å². The van der Waals surface area contributed by atoms with Crippen LogP contribution in [0.1, 0.15) is 37.3 Å². The minimum absolute atomic E-state index is 0. The highest BCUT2D eigenvalue weighted by molar-refractivity contribution is 5.88. The third-order valence-corrected chi connectivity index (χ3v) is 5.91. The summed E-state index contributed by atoms with van der Waals surface area (Å²) in [5.41, 5.74) is 11.6. The van der Waals surface area contributed by atoms with Gasteiger partial charge in [0.15, 0.2) is 0 Å². The Morgan fingerprint density at radius 1 is 1.19 bits per heavy atom. The summed E-state index contributed by atoms with van der Waals surface area (Å²) in [5.74, 6) is 0.928. The highest BCUT2D eigenvalue weighted by Crippen LogP contribution is 2.49. The van der Waals surface area contributed by atoms with E-state index in [-0.39, 0.29) is 17.8 Å². The van der Waals surface area contributed by atoms with Crippen LogP contribution < -0.4 is 20.9 Å². The van der Waals surface area contributed by atoms with Crippen LogP contribution in [0.4, 0.5) is 0 Å². The Labute approximate surface area is 167 Å². The lowest BCUT2D eigenvalue weighted by Gasteiger charge is -2.32. The Morgan fingerprint density at radius 2 is 2.00 bits per heavy atom. The summed E-state index contributed by atoms with van der Waals surface area (Å²) >= 11 is 0. The van der Waals surface area contributed by atoms with E-state index in [9.17, 15) is 0 Å². The predicted octanol–water partition coefficient (Wildman–Crippen LogP) is 3.84. The molecule has 0 fully saturated rings. The topological polar surface area (TPSA) is 35.2 Å². The maximum Gasteiger partial charge on any atom is 0.119 e. The molecule has 0 saturated heterocycles. The molecule has 142 valence electrons. The monoisotopic (exact) mass is 381 g/mol. The average Bonchev–Trinajstić information content (AvgIpc) is 2.90. The van der Waals surface area contributed by atoms with E-state index in [2.05, 4.69) is 55.5 Å². The van der Waals surface area contributed by atoms with E-state index in [1.807, 2.05) is 6.07 Å². The number of allylic oxidation sites excluding steroid dienone is 1. The fourth-order valence-electron chi connectivity index (χ4n) is 4.77. The predicted molar refractivity (Wildman–Crippen MR) is 117 cm³/mol. The molecular formula is C24H28ClNO. The molecule has 0 radical (unpaired) electrons. The standard InChI is InChI=1S/C24H27NO.ClH/c1-24(16-17-7-3-10-19(15-17)26-2)21(13-6-14-25)20-11-4-8-18-9-5-12-22(24)23(18)20;/h3-4,7-11,13,15H,5-6,12,14,16,25H2,1-2H3;1H/b21-13+;. The fraction of sp³-hybridized carbons (Fsp3) is 0.333. The fourth-order valence-corrected chi connectivity index (χ4v) is 4.77. The van der Waals surface area contributed by atoms with Crippen LogP contribution in [0.15, 0.2) is 48.5 Å². The molecule has 2 aliphatic rings. The minimum atomic E-state index is 0. The van der Waals surface area contributed by atoms with E-state index in [0.29, 0.717) is 6.54 Å². The lowest BCUT2D eigenvalue weighted by atomic mass is 9.71. The van der Waals surface area contributed by atoms with E-state index < -0.39 is 0 Å². The molecule has 2 nitrogen and oxygen atoms in total. The number of hydrogen-bond donors (Lipinski definition) is 1. The largest absolute Gasteiger partial charge is 0.497 e. The van der Waals surface area contributed by atoms with Crippen LogP contribution in [0, 0.1) is 5.41 Å². The van der Waals surface area contributed by atoms with Crippen molar-refractivity contribution >= 4 is 29.6 Å². The van der Waals surface area contributed by atoms with Crippen molar-refractivity contribution in [1.82, 2.24) is 0 Å². The maximum atomic E-state index is 5.84.